The van der Waals surface area contributed by atoms with Crippen LogP contribution in [0.2, 0.25) is 0 Å². The predicted octanol–water partition coefficient (Wildman–Crippen LogP) is 3.38. The Morgan fingerprint density at radius 3 is 2.36 bits per heavy atom. The number of rotatable bonds is 4. The Bertz CT molecular complexity index is 170. The molecular weight excluding hydrogens is 238 g/mol. The van der Waals surface area contributed by atoms with Gasteiger partial charge in [0.25, 0.3) is 0 Å². The minimum atomic E-state index is 0.789. The molecule has 1 heterocycles. The summed E-state index contributed by atoms with van der Waals surface area (Å²) in [4.78, 5) is 2.66. The first-order chi connectivity index (χ1) is 6.54. The summed E-state index contributed by atoms with van der Waals surface area (Å²) in [5.41, 5.74) is 0. The number of halogens is 1. The van der Waals surface area contributed by atoms with Crippen LogP contribution in [0, 0.1) is 17.8 Å². The topological polar surface area (TPSA) is 3.24 Å². The van der Waals surface area contributed by atoms with Crippen LogP contribution in [-0.2, 0) is 0 Å². The van der Waals surface area contributed by atoms with Gasteiger partial charge in [-0.3, -0.25) is 0 Å². The standard InChI is InChI=1S/C12H24BrN/c1-9(2)12(6-13)8-14-7-10(3)5-11(14)4/h9-12H,5-8H2,1-4H3. The van der Waals surface area contributed by atoms with E-state index in [1.54, 1.807) is 0 Å². The molecule has 0 aromatic carbocycles. The zero-order chi connectivity index (χ0) is 10.7. The second-order valence-corrected chi connectivity index (χ2v) is 5.95. The molecule has 0 aliphatic carbocycles. The van der Waals surface area contributed by atoms with Gasteiger partial charge in [0.15, 0.2) is 0 Å². The van der Waals surface area contributed by atoms with E-state index in [9.17, 15) is 0 Å². The van der Waals surface area contributed by atoms with Gasteiger partial charge < -0.3 is 4.90 Å². The highest BCUT2D eigenvalue weighted by Gasteiger charge is 2.28. The Morgan fingerprint density at radius 2 is 2.00 bits per heavy atom. The molecule has 1 nitrogen and oxygen atoms in total. The molecule has 1 fully saturated rings. The van der Waals surface area contributed by atoms with Crippen molar-refractivity contribution in [3.63, 3.8) is 0 Å². The first-order valence-corrected chi connectivity index (χ1v) is 6.96. The molecule has 84 valence electrons. The van der Waals surface area contributed by atoms with Gasteiger partial charge in [-0.15, -0.1) is 0 Å². The maximum absolute atomic E-state index is 3.63. The highest BCUT2D eigenvalue weighted by molar-refractivity contribution is 9.09. The molecule has 1 aliphatic heterocycles. The highest BCUT2D eigenvalue weighted by Crippen LogP contribution is 2.25. The molecule has 2 heteroatoms. The van der Waals surface area contributed by atoms with Gasteiger partial charge in [0.2, 0.25) is 0 Å². The second kappa shape index (κ2) is 5.50. The normalized spacial score (nSPS) is 31.3. The number of hydrogen-bond acceptors (Lipinski definition) is 1. The largest absolute Gasteiger partial charge is 0.300 e. The van der Waals surface area contributed by atoms with Gasteiger partial charge in [0.05, 0.1) is 0 Å². The summed E-state index contributed by atoms with van der Waals surface area (Å²) >= 11 is 3.63. The van der Waals surface area contributed by atoms with E-state index in [4.69, 9.17) is 0 Å². The number of likely N-dealkylation sites (tertiary alicyclic amines) is 1. The van der Waals surface area contributed by atoms with Gasteiger partial charge in [0.1, 0.15) is 0 Å². The number of alkyl halides is 1. The van der Waals surface area contributed by atoms with Crippen molar-refractivity contribution in [1.82, 2.24) is 4.90 Å². The number of nitrogens with zero attached hydrogens (tertiary/aromatic N) is 1. The van der Waals surface area contributed by atoms with Crippen molar-refractivity contribution in [2.75, 3.05) is 18.4 Å². The Balaban J connectivity index is 2.42. The molecule has 0 aromatic rings. The lowest BCUT2D eigenvalue weighted by atomic mass is 9.97. The van der Waals surface area contributed by atoms with E-state index >= 15 is 0 Å². The van der Waals surface area contributed by atoms with Crippen LogP contribution in [0.3, 0.4) is 0 Å². The highest BCUT2D eigenvalue weighted by atomic mass is 79.9. The van der Waals surface area contributed by atoms with Crippen LogP contribution < -0.4 is 0 Å². The third-order valence-electron chi connectivity index (χ3n) is 3.52. The van der Waals surface area contributed by atoms with Crippen molar-refractivity contribution in [1.29, 1.82) is 0 Å². The van der Waals surface area contributed by atoms with E-state index in [2.05, 4.69) is 48.5 Å². The van der Waals surface area contributed by atoms with Crippen LogP contribution in [0.25, 0.3) is 0 Å². The Labute approximate surface area is 97.4 Å². The molecule has 0 bridgehead atoms. The van der Waals surface area contributed by atoms with Crippen molar-refractivity contribution in [3.05, 3.63) is 0 Å². The molecular formula is C12H24BrN. The summed E-state index contributed by atoms with van der Waals surface area (Å²) in [5, 5.41) is 1.14. The van der Waals surface area contributed by atoms with Crippen LogP contribution in [0.4, 0.5) is 0 Å². The minimum Gasteiger partial charge on any atom is -0.300 e. The predicted molar refractivity (Wildman–Crippen MR) is 66.9 cm³/mol. The van der Waals surface area contributed by atoms with E-state index in [0.29, 0.717) is 0 Å². The van der Waals surface area contributed by atoms with Crippen LogP contribution >= 0.6 is 15.9 Å². The molecule has 0 aromatic heterocycles. The van der Waals surface area contributed by atoms with E-state index in [-0.39, 0.29) is 0 Å². The van der Waals surface area contributed by atoms with Gasteiger partial charge in [0, 0.05) is 24.5 Å². The summed E-state index contributed by atoms with van der Waals surface area (Å²) in [6.45, 7) is 12.0. The fourth-order valence-corrected chi connectivity index (χ4v) is 3.33. The fraction of sp³-hybridized carbons (Fsp3) is 1.00. The van der Waals surface area contributed by atoms with Crippen molar-refractivity contribution in [3.8, 4) is 0 Å². The van der Waals surface area contributed by atoms with Crippen molar-refractivity contribution in [2.45, 2.75) is 40.2 Å². The lowest BCUT2D eigenvalue weighted by molar-refractivity contribution is 0.207. The maximum Gasteiger partial charge on any atom is 0.00743 e. The minimum absolute atomic E-state index is 0.789. The van der Waals surface area contributed by atoms with Gasteiger partial charge in [-0.25, -0.2) is 0 Å². The molecule has 3 unspecified atom stereocenters. The molecule has 3 atom stereocenters. The average Bonchev–Trinajstić information content (AvgIpc) is 2.40. The maximum atomic E-state index is 3.63. The molecule has 1 saturated heterocycles. The lowest BCUT2D eigenvalue weighted by Crippen LogP contribution is -2.35. The molecule has 0 spiro atoms. The van der Waals surface area contributed by atoms with Crippen LogP contribution in [0.15, 0.2) is 0 Å². The van der Waals surface area contributed by atoms with E-state index < -0.39 is 0 Å². The summed E-state index contributed by atoms with van der Waals surface area (Å²) in [7, 11) is 0. The molecule has 0 amide bonds. The Kier molecular flexibility index (Phi) is 4.92. The van der Waals surface area contributed by atoms with Gasteiger partial charge in [-0.2, -0.15) is 0 Å². The van der Waals surface area contributed by atoms with Gasteiger partial charge in [-0.1, -0.05) is 36.7 Å². The summed E-state index contributed by atoms with van der Waals surface area (Å²) in [6.07, 6.45) is 1.38. The molecule has 1 aliphatic rings. The molecule has 14 heavy (non-hydrogen) atoms. The second-order valence-electron chi connectivity index (χ2n) is 5.30. The average molecular weight is 262 g/mol. The quantitative estimate of drug-likeness (QED) is 0.702. The first-order valence-electron chi connectivity index (χ1n) is 5.84. The molecule has 0 N–H and O–H groups in total. The monoisotopic (exact) mass is 261 g/mol. The van der Waals surface area contributed by atoms with Crippen LogP contribution in [0.1, 0.15) is 34.1 Å². The van der Waals surface area contributed by atoms with Gasteiger partial charge >= 0.3 is 0 Å². The Hall–Kier alpha value is 0.440. The first kappa shape index (κ1) is 12.5. The summed E-state index contributed by atoms with van der Waals surface area (Å²) in [5.74, 6) is 2.49. The SMILES string of the molecule is CC1CC(C)N(CC(CBr)C(C)C)C1. The van der Waals surface area contributed by atoms with E-state index in [0.717, 1.165) is 29.1 Å². The van der Waals surface area contributed by atoms with E-state index in [1.807, 2.05) is 0 Å². The molecule has 1 rings (SSSR count). The fourth-order valence-electron chi connectivity index (χ4n) is 2.38. The van der Waals surface area contributed by atoms with Crippen LogP contribution in [0.5, 0.6) is 0 Å². The van der Waals surface area contributed by atoms with Crippen molar-refractivity contribution < 1.29 is 0 Å². The third-order valence-corrected chi connectivity index (χ3v) is 4.35. The zero-order valence-electron chi connectivity index (χ0n) is 9.96. The van der Waals surface area contributed by atoms with Gasteiger partial charge in [-0.05, 0) is 31.1 Å². The van der Waals surface area contributed by atoms with Crippen molar-refractivity contribution >= 4 is 15.9 Å². The van der Waals surface area contributed by atoms with Crippen LogP contribution in [-0.4, -0.2) is 29.4 Å². The number of hydrogen-bond donors (Lipinski definition) is 0. The molecule has 0 saturated carbocycles. The Morgan fingerprint density at radius 1 is 1.36 bits per heavy atom. The van der Waals surface area contributed by atoms with Crippen molar-refractivity contribution in [2.24, 2.45) is 17.8 Å². The third kappa shape index (κ3) is 3.23. The lowest BCUT2D eigenvalue weighted by Gasteiger charge is -2.28. The molecule has 0 radical (unpaired) electrons. The summed E-state index contributed by atoms with van der Waals surface area (Å²) in [6, 6.07) is 0.797. The zero-order valence-corrected chi connectivity index (χ0v) is 11.5. The summed E-state index contributed by atoms with van der Waals surface area (Å²) < 4.78 is 0. The smallest absolute Gasteiger partial charge is 0.00743 e. The van der Waals surface area contributed by atoms with E-state index in [1.165, 1.54) is 19.5 Å².